The van der Waals surface area contributed by atoms with Gasteiger partial charge in [0.15, 0.2) is 9.84 Å². The number of aromatic nitrogens is 1. The second-order valence-corrected chi connectivity index (χ2v) is 16.6. The molecule has 0 spiro atoms. The Morgan fingerprint density at radius 3 is 2.32 bits per heavy atom. The second kappa shape index (κ2) is 14.8. The number of nitrogens with one attached hydrogen (secondary N) is 2. The minimum atomic E-state index is -4.27. The molecule has 15 heteroatoms. The molecular formula is C38H38N4O9S2. The summed E-state index contributed by atoms with van der Waals surface area (Å²) in [4.78, 5) is 47.2. The molecule has 53 heavy (non-hydrogen) atoms. The highest BCUT2D eigenvalue weighted by molar-refractivity contribution is 7.94. The van der Waals surface area contributed by atoms with E-state index in [-0.39, 0.29) is 24.3 Å². The first kappa shape index (κ1) is 37.2. The fraction of sp³-hybridized carbons (Fsp3) is 0.263. The largest absolute Gasteiger partial charge is 0.497 e. The smallest absolute Gasteiger partial charge is 0.264 e. The number of fused-ring (bicyclic) bond motifs is 1. The zero-order chi connectivity index (χ0) is 38.0. The molecule has 3 amide bonds. The van der Waals surface area contributed by atoms with E-state index in [1.165, 1.54) is 35.2 Å². The molecule has 4 aromatic rings. The molecule has 2 heterocycles. The average Bonchev–Trinajstić information content (AvgIpc) is 3.72. The van der Waals surface area contributed by atoms with E-state index in [0.29, 0.717) is 28.1 Å². The van der Waals surface area contributed by atoms with Crippen molar-refractivity contribution >= 4 is 48.5 Å². The molecule has 2 fully saturated rings. The minimum Gasteiger partial charge on any atom is -0.497 e. The predicted molar refractivity (Wildman–Crippen MR) is 198 cm³/mol. The maximum Gasteiger partial charge on any atom is 0.264 e. The van der Waals surface area contributed by atoms with Crippen molar-refractivity contribution in [3.8, 4) is 22.8 Å². The van der Waals surface area contributed by atoms with Gasteiger partial charge in [-0.3, -0.25) is 14.4 Å². The Hall–Kier alpha value is -5.54. The molecule has 1 aliphatic heterocycles. The molecule has 1 aliphatic carbocycles. The van der Waals surface area contributed by atoms with Crippen LogP contribution in [-0.4, -0.2) is 81.5 Å². The Bertz CT molecular complexity index is 2300. The number of hydrogen-bond acceptors (Lipinski definition) is 10. The van der Waals surface area contributed by atoms with E-state index in [1.54, 1.807) is 37.4 Å². The van der Waals surface area contributed by atoms with Gasteiger partial charge in [-0.15, -0.1) is 6.58 Å². The summed E-state index contributed by atoms with van der Waals surface area (Å²) in [7, 11) is -6.47. The number of ether oxygens (including phenoxy) is 2. The van der Waals surface area contributed by atoms with Crippen LogP contribution >= 0.6 is 0 Å². The highest BCUT2D eigenvalue weighted by Gasteiger charge is 2.61. The van der Waals surface area contributed by atoms with Gasteiger partial charge in [0.2, 0.25) is 11.8 Å². The normalized spacial score (nSPS) is 21.0. The fourth-order valence-electron chi connectivity index (χ4n) is 6.41. The minimum absolute atomic E-state index is 0.0226. The van der Waals surface area contributed by atoms with E-state index in [4.69, 9.17) is 14.5 Å². The van der Waals surface area contributed by atoms with Gasteiger partial charge < -0.3 is 19.7 Å². The van der Waals surface area contributed by atoms with Crippen molar-refractivity contribution < 1.29 is 40.7 Å². The van der Waals surface area contributed by atoms with Crippen LogP contribution in [0.3, 0.4) is 0 Å². The third kappa shape index (κ3) is 7.95. The summed E-state index contributed by atoms with van der Waals surface area (Å²) in [6, 6.07) is 22.7. The molecule has 0 radical (unpaired) electrons. The van der Waals surface area contributed by atoms with Crippen molar-refractivity contribution in [2.24, 2.45) is 5.92 Å². The van der Waals surface area contributed by atoms with E-state index >= 15 is 0 Å². The Labute approximate surface area is 307 Å². The first-order valence-electron chi connectivity index (χ1n) is 16.7. The summed E-state index contributed by atoms with van der Waals surface area (Å²) < 4.78 is 64.5. The van der Waals surface area contributed by atoms with Crippen LogP contribution in [0.25, 0.3) is 22.2 Å². The lowest BCUT2D eigenvalue weighted by molar-refractivity contribution is -0.139. The molecule has 13 nitrogen and oxygen atoms in total. The summed E-state index contributed by atoms with van der Waals surface area (Å²) in [5.41, 5.74) is 0.368. The van der Waals surface area contributed by atoms with Crippen LogP contribution in [0, 0.1) is 5.92 Å². The quantitative estimate of drug-likeness (QED) is 0.180. The fourth-order valence-corrected chi connectivity index (χ4v) is 8.09. The van der Waals surface area contributed by atoms with Gasteiger partial charge in [0.05, 0.1) is 35.5 Å². The van der Waals surface area contributed by atoms with Crippen molar-refractivity contribution in [1.82, 2.24) is 19.9 Å². The molecule has 3 aromatic carbocycles. The second-order valence-electron chi connectivity index (χ2n) is 12.8. The lowest BCUT2D eigenvalue weighted by Gasteiger charge is -2.26. The maximum absolute atomic E-state index is 14.1. The molecule has 2 N–H and O–H groups in total. The monoisotopic (exact) mass is 758 g/mol. The number of amides is 3. The summed E-state index contributed by atoms with van der Waals surface area (Å²) in [5, 5.41) is 4.13. The molecular weight excluding hydrogens is 721 g/mol. The lowest BCUT2D eigenvalue weighted by Crippen LogP contribution is -2.56. The lowest BCUT2D eigenvalue weighted by atomic mass is 10.1. The van der Waals surface area contributed by atoms with Gasteiger partial charge in [-0.25, -0.2) is 26.5 Å². The Morgan fingerprint density at radius 2 is 1.68 bits per heavy atom. The topological polar surface area (TPSA) is 178 Å². The van der Waals surface area contributed by atoms with Gasteiger partial charge in [-0.05, 0) is 30.7 Å². The van der Waals surface area contributed by atoms with Crippen LogP contribution in [0.5, 0.6) is 11.5 Å². The summed E-state index contributed by atoms with van der Waals surface area (Å²) in [6.07, 6.45) is 0.319. The Kier molecular flexibility index (Phi) is 10.4. The molecule has 276 valence electrons. The van der Waals surface area contributed by atoms with Crippen molar-refractivity contribution in [1.29, 1.82) is 0 Å². The molecule has 1 saturated heterocycles. The van der Waals surface area contributed by atoms with E-state index in [2.05, 4.69) is 23.2 Å². The first-order chi connectivity index (χ1) is 25.3. The average molecular weight is 759 g/mol. The molecule has 6 rings (SSSR count). The van der Waals surface area contributed by atoms with Gasteiger partial charge in [0.25, 0.3) is 15.9 Å². The molecule has 2 aliphatic rings. The highest BCUT2D eigenvalue weighted by Crippen LogP contribution is 2.45. The van der Waals surface area contributed by atoms with Crippen molar-refractivity contribution in [3.05, 3.63) is 110 Å². The Balaban J connectivity index is 1.29. The van der Waals surface area contributed by atoms with Gasteiger partial charge in [0, 0.05) is 47.3 Å². The molecule has 1 aromatic heterocycles. The van der Waals surface area contributed by atoms with Crippen molar-refractivity contribution in [2.45, 2.75) is 41.8 Å². The third-order valence-corrected chi connectivity index (χ3v) is 12.0. The number of nitrogens with zero attached hydrogens (tertiary/aromatic N) is 2. The van der Waals surface area contributed by atoms with Crippen LogP contribution in [-0.2, 0) is 34.2 Å². The van der Waals surface area contributed by atoms with Gasteiger partial charge in [0.1, 0.15) is 29.2 Å². The van der Waals surface area contributed by atoms with Gasteiger partial charge in [-0.2, -0.15) is 0 Å². The van der Waals surface area contributed by atoms with E-state index < -0.39 is 73.4 Å². The Morgan fingerprint density at radius 1 is 0.981 bits per heavy atom. The van der Waals surface area contributed by atoms with Gasteiger partial charge >= 0.3 is 0 Å². The van der Waals surface area contributed by atoms with Crippen molar-refractivity contribution in [3.63, 3.8) is 0 Å². The summed E-state index contributed by atoms with van der Waals surface area (Å²) >= 11 is 0. The number of hydrogen-bond donors (Lipinski definition) is 2. The van der Waals surface area contributed by atoms with Crippen molar-refractivity contribution in [2.75, 3.05) is 19.4 Å². The molecule has 0 bridgehead atoms. The van der Waals surface area contributed by atoms with Crippen LogP contribution in [0.2, 0.25) is 0 Å². The van der Waals surface area contributed by atoms with Crippen LogP contribution < -0.4 is 19.5 Å². The van der Waals surface area contributed by atoms with Crippen LogP contribution in [0.1, 0.15) is 19.3 Å². The number of likely N-dealkylation sites (tertiary alicyclic amines) is 1. The number of sulfone groups is 1. The number of pyridine rings is 1. The molecule has 0 unspecified atom stereocenters. The number of rotatable bonds is 14. The number of sulfonamides is 1. The van der Waals surface area contributed by atoms with E-state index in [0.717, 1.165) is 11.0 Å². The molecule has 4 atom stereocenters. The predicted octanol–water partition coefficient (Wildman–Crippen LogP) is 3.77. The summed E-state index contributed by atoms with van der Waals surface area (Å²) in [5.74, 6) is -2.42. The van der Waals surface area contributed by atoms with Gasteiger partial charge in [-0.1, -0.05) is 61.2 Å². The first-order valence-corrected chi connectivity index (χ1v) is 19.9. The zero-order valence-electron chi connectivity index (χ0n) is 28.8. The standard InChI is InChI=1S/C38H38N4O9S2/c1-4-26-23-38(26,37(45)41-53(48,49)29-14-10-7-11-15-29)40-36(44)33-21-28(24-42(33)35(43)18-19-52(46,47)5-2)51-34-22-31(25-12-8-6-9-13-25)39-32-20-27(50-3)16-17-30(32)34/h4-17,20,22,26,28,33H,1-2,18-19,21,23-24H2,3H3,(H,40,44)(H,41,45)/t26-,28-,33+,38-/m1/s1. The van der Waals surface area contributed by atoms with E-state index in [1.807, 2.05) is 30.3 Å². The number of carbonyl (C=O) groups excluding carboxylic acids is 3. The summed E-state index contributed by atoms with van der Waals surface area (Å²) in [6.45, 7) is 6.95. The SMILES string of the molecule is C=C[C@@H]1C[C@]1(NC(=O)[C@@H]1C[C@@H](Oc2cc(-c3ccccc3)nc3cc(OC)ccc23)CN1C(=O)CCS(=O)(=O)C=C)C(=O)NS(=O)(=O)c1ccccc1. The maximum atomic E-state index is 14.1. The van der Waals surface area contributed by atoms with Crippen LogP contribution in [0.4, 0.5) is 0 Å². The van der Waals surface area contributed by atoms with Crippen LogP contribution in [0.15, 0.2) is 114 Å². The molecule has 1 saturated carbocycles. The number of benzene rings is 3. The number of methoxy groups -OCH3 is 1. The highest BCUT2D eigenvalue weighted by atomic mass is 32.2. The third-order valence-electron chi connectivity index (χ3n) is 9.41. The zero-order valence-corrected chi connectivity index (χ0v) is 30.4. The van der Waals surface area contributed by atoms with E-state index in [9.17, 15) is 31.2 Å². The number of carbonyl (C=O) groups is 3.